The molecule has 0 atom stereocenters. The Morgan fingerprint density at radius 1 is 1.07 bits per heavy atom. The summed E-state index contributed by atoms with van der Waals surface area (Å²) < 4.78 is 16.0. The summed E-state index contributed by atoms with van der Waals surface area (Å²) in [4.78, 5) is 14.8. The molecule has 1 N–H and O–H groups in total. The number of nitrogens with zero attached hydrogens (tertiary/aromatic N) is 1. The van der Waals surface area contributed by atoms with Gasteiger partial charge >= 0.3 is 0 Å². The second-order valence-electron chi connectivity index (χ2n) is 6.51. The van der Waals surface area contributed by atoms with Crippen molar-refractivity contribution in [2.24, 2.45) is 0 Å². The van der Waals surface area contributed by atoms with Crippen LogP contribution >= 0.6 is 0 Å². The molecule has 1 saturated heterocycles. The minimum Gasteiger partial charge on any atom is -0.493 e. The first-order valence-corrected chi connectivity index (χ1v) is 9.05. The molecule has 0 spiro atoms. The highest BCUT2D eigenvalue weighted by molar-refractivity contribution is 5.93. The van der Waals surface area contributed by atoms with Crippen LogP contribution < -0.4 is 19.7 Å². The van der Waals surface area contributed by atoms with Crippen LogP contribution in [0, 0.1) is 6.92 Å². The van der Waals surface area contributed by atoms with Crippen molar-refractivity contribution in [3.8, 4) is 11.5 Å². The Morgan fingerprint density at radius 3 is 2.52 bits per heavy atom. The van der Waals surface area contributed by atoms with Crippen LogP contribution in [-0.2, 0) is 16.0 Å². The van der Waals surface area contributed by atoms with Gasteiger partial charge in [0.25, 0.3) is 0 Å². The van der Waals surface area contributed by atoms with Gasteiger partial charge in [0.15, 0.2) is 11.5 Å². The molecule has 0 bridgehead atoms. The first-order valence-electron chi connectivity index (χ1n) is 9.05. The summed E-state index contributed by atoms with van der Waals surface area (Å²) in [7, 11) is 3.18. The summed E-state index contributed by atoms with van der Waals surface area (Å²) in [5, 5.41) is 3.04. The fraction of sp³-hybridized carbons (Fsp3) is 0.381. The lowest BCUT2D eigenvalue weighted by molar-refractivity contribution is -0.115. The van der Waals surface area contributed by atoms with Gasteiger partial charge in [-0.2, -0.15) is 0 Å². The number of hydrogen-bond acceptors (Lipinski definition) is 5. The Morgan fingerprint density at radius 2 is 1.81 bits per heavy atom. The smallest absolute Gasteiger partial charge is 0.228 e. The van der Waals surface area contributed by atoms with Crippen LogP contribution in [0.1, 0.15) is 11.1 Å². The van der Waals surface area contributed by atoms with Crippen LogP contribution in [0.3, 0.4) is 0 Å². The van der Waals surface area contributed by atoms with Crippen molar-refractivity contribution in [2.75, 3.05) is 50.7 Å². The molecule has 27 heavy (non-hydrogen) atoms. The van der Waals surface area contributed by atoms with E-state index in [2.05, 4.69) is 16.3 Å². The zero-order valence-electron chi connectivity index (χ0n) is 16.1. The maximum Gasteiger partial charge on any atom is 0.228 e. The molecule has 144 valence electrons. The van der Waals surface area contributed by atoms with E-state index in [4.69, 9.17) is 14.2 Å². The lowest BCUT2D eigenvalue weighted by atomic mass is 10.1. The van der Waals surface area contributed by atoms with Gasteiger partial charge in [0, 0.05) is 24.5 Å². The van der Waals surface area contributed by atoms with E-state index in [-0.39, 0.29) is 12.3 Å². The Labute approximate surface area is 160 Å². The van der Waals surface area contributed by atoms with Gasteiger partial charge in [0.05, 0.1) is 33.9 Å². The van der Waals surface area contributed by atoms with E-state index in [1.54, 1.807) is 14.2 Å². The first-order chi connectivity index (χ1) is 13.1. The normalized spacial score (nSPS) is 14.0. The quantitative estimate of drug-likeness (QED) is 0.847. The van der Waals surface area contributed by atoms with E-state index in [1.165, 1.54) is 0 Å². The van der Waals surface area contributed by atoms with E-state index in [9.17, 15) is 4.79 Å². The maximum absolute atomic E-state index is 12.6. The van der Waals surface area contributed by atoms with E-state index in [0.29, 0.717) is 11.5 Å². The largest absolute Gasteiger partial charge is 0.493 e. The number of carbonyl (C=O) groups is 1. The molecule has 1 amide bonds. The van der Waals surface area contributed by atoms with Crippen molar-refractivity contribution in [1.82, 2.24) is 0 Å². The molecular formula is C21H26N2O4. The standard InChI is InChI=1S/C21H26N2O4/c1-15-4-6-17(23-8-10-27-11-9-23)14-18(15)22-21(24)13-16-5-7-19(25-2)20(12-16)26-3/h4-7,12,14H,8-11,13H2,1-3H3,(H,22,24). The van der Waals surface area contributed by atoms with Gasteiger partial charge in [-0.1, -0.05) is 12.1 Å². The molecule has 2 aromatic rings. The zero-order chi connectivity index (χ0) is 19.2. The van der Waals surface area contributed by atoms with Gasteiger partial charge in [-0.15, -0.1) is 0 Å². The Bertz CT molecular complexity index is 801. The van der Waals surface area contributed by atoms with Crippen LogP contribution in [0.4, 0.5) is 11.4 Å². The summed E-state index contributed by atoms with van der Waals surface area (Å²) in [5.74, 6) is 1.20. The zero-order valence-corrected chi connectivity index (χ0v) is 16.1. The highest BCUT2D eigenvalue weighted by Crippen LogP contribution is 2.28. The predicted octanol–water partition coefficient (Wildman–Crippen LogP) is 3.03. The van der Waals surface area contributed by atoms with Crippen molar-refractivity contribution < 1.29 is 19.0 Å². The minimum atomic E-state index is -0.0653. The summed E-state index contributed by atoms with van der Waals surface area (Å²) >= 11 is 0. The van der Waals surface area contributed by atoms with E-state index >= 15 is 0 Å². The number of benzene rings is 2. The number of carbonyl (C=O) groups excluding carboxylic acids is 1. The third kappa shape index (κ3) is 4.71. The molecule has 6 nitrogen and oxygen atoms in total. The van der Waals surface area contributed by atoms with Crippen LogP contribution in [0.15, 0.2) is 36.4 Å². The topological polar surface area (TPSA) is 60.0 Å². The predicted molar refractivity (Wildman–Crippen MR) is 106 cm³/mol. The molecule has 0 aliphatic carbocycles. The maximum atomic E-state index is 12.6. The first kappa shape index (κ1) is 19.0. The van der Waals surface area contributed by atoms with Gasteiger partial charge in [-0.3, -0.25) is 4.79 Å². The number of rotatable bonds is 6. The average Bonchev–Trinajstić information content (AvgIpc) is 2.70. The van der Waals surface area contributed by atoms with Crippen molar-refractivity contribution >= 4 is 17.3 Å². The van der Waals surface area contributed by atoms with Crippen LogP contribution in [0.5, 0.6) is 11.5 Å². The molecule has 0 aromatic heterocycles. The number of morpholine rings is 1. The third-order valence-corrected chi connectivity index (χ3v) is 4.68. The van der Waals surface area contributed by atoms with E-state index < -0.39 is 0 Å². The van der Waals surface area contributed by atoms with Crippen molar-refractivity contribution in [1.29, 1.82) is 0 Å². The molecule has 1 aliphatic heterocycles. The average molecular weight is 370 g/mol. The molecule has 0 unspecified atom stereocenters. The Kier molecular flexibility index (Phi) is 6.19. The fourth-order valence-corrected chi connectivity index (χ4v) is 3.13. The molecule has 0 saturated carbocycles. The lowest BCUT2D eigenvalue weighted by Crippen LogP contribution is -2.36. The molecule has 2 aromatic carbocycles. The van der Waals surface area contributed by atoms with Gasteiger partial charge < -0.3 is 24.4 Å². The number of ether oxygens (including phenoxy) is 3. The second-order valence-corrected chi connectivity index (χ2v) is 6.51. The van der Waals surface area contributed by atoms with Crippen LogP contribution in [-0.4, -0.2) is 46.4 Å². The third-order valence-electron chi connectivity index (χ3n) is 4.68. The van der Waals surface area contributed by atoms with Gasteiger partial charge in [-0.25, -0.2) is 0 Å². The monoisotopic (exact) mass is 370 g/mol. The molecule has 1 aliphatic rings. The van der Waals surface area contributed by atoms with Crippen LogP contribution in [0.2, 0.25) is 0 Å². The summed E-state index contributed by atoms with van der Waals surface area (Å²) in [5.41, 5.74) is 3.84. The number of aryl methyl sites for hydroxylation is 1. The summed E-state index contributed by atoms with van der Waals surface area (Å²) in [6.07, 6.45) is 0.265. The van der Waals surface area contributed by atoms with E-state index in [1.807, 2.05) is 37.3 Å². The number of amides is 1. The number of hydrogen-bond donors (Lipinski definition) is 1. The number of methoxy groups -OCH3 is 2. The highest BCUT2D eigenvalue weighted by atomic mass is 16.5. The van der Waals surface area contributed by atoms with Crippen LogP contribution in [0.25, 0.3) is 0 Å². The molecule has 0 radical (unpaired) electrons. The molecule has 1 fully saturated rings. The Hall–Kier alpha value is -2.73. The van der Waals surface area contributed by atoms with Gasteiger partial charge in [-0.05, 0) is 42.3 Å². The molecule has 3 rings (SSSR count). The molecular weight excluding hydrogens is 344 g/mol. The number of anilines is 2. The molecule has 1 heterocycles. The highest BCUT2D eigenvalue weighted by Gasteiger charge is 2.14. The van der Waals surface area contributed by atoms with E-state index in [0.717, 1.165) is 48.8 Å². The fourth-order valence-electron chi connectivity index (χ4n) is 3.13. The number of nitrogens with one attached hydrogen (secondary N) is 1. The van der Waals surface area contributed by atoms with Gasteiger partial charge in [0.1, 0.15) is 0 Å². The summed E-state index contributed by atoms with van der Waals surface area (Å²) in [6.45, 7) is 5.18. The summed E-state index contributed by atoms with van der Waals surface area (Å²) in [6, 6.07) is 11.7. The Balaban J connectivity index is 1.70. The molecule has 6 heteroatoms. The van der Waals surface area contributed by atoms with Crippen molar-refractivity contribution in [3.05, 3.63) is 47.5 Å². The lowest BCUT2D eigenvalue weighted by Gasteiger charge is -2.29. The van der Waals surface area contributed by atoms with Crippen molar-refractivity contribution in [2.45, 2.75) is 13.3 Å². The van der Waals surface area contributed by atoms with Crippen molar-refractivity contribution in [3.63, 3.8) is 0 Å². The minimum absolute atomic E-state index is 0.0653. The SMILES string of the molecule is COc1ccc(CC(=O)Nc2cc(N3CCOCC3)ccc2C)cc1OC. The second kappa shape index (κ2) is 8.77. The van der Waals surface area contributed by atoms with Gasteiger partial charge in [0.2, 0.25) is 5.91 Å².